The normalized spacial score (nSPS) is 18.6. The van der Waals surface area contributed by atoms with Crippen molar-refractivity contribution in [3.63, 3.8) is 0 Å². The van der Waals surface area contributed by atoms with Crippen LogP contribution in [0.2, 0.25) is 0 Å². The number of piperidine rings is 1. The molecule has 2 aromatic heterocycles. The maximum atomic E-state index is 12.1. The molecular formula is C13H15N3O3S2. The molecule has 3 rings (SSSR count). The maximum absolute atomic E-state index is 12.1. The van der Waals surface area contributed by atoms with Crippen LogP contribution < -0.4 is 10.2 Å². The summed E-state index contributed by atoms with van der Waals surface area (Å²) in [5.41, 5.74) is 0. The highest BCUT2D eigenvalue weighted by atomic mass is 32.1. The van der Waals surface area contributed by atoms with Gasteiger partial charge in [-0.3, -0.25) is 4.79 Å². The van der Waals surface area contributed by atoms with Crippen molar-refractivity contribution >= 4 is 49.2 Å². The summed E-state index contributed by atoms with van der Waals surface area (Å²) in [5.74, 6) is -0.653. The first-order valence-electron chi connectivity index (χ1n) is 6.61. The molecule has 0 spiro atoms. The van der Waals surface area contributed by atoms with Gasteiger partial charge >= 0.3 is 5.97 Å². The van der Waals surface area contributed by atoms with E-state index in [0.717, 1.165) is 21.1 Å². The maximum Gasteiger partial charge on any atom is 0.349 e. The molecule has 21 heavy (non-hydrogen) atoms. The quantitative estimate of drug-likeness (QED) is 0.872. The van der Waals surface area contributed by atoms with Crippen LogP contribution in [-0.4, -0.2) is 43.6 Å². The lowest BCUT2D eigenvalue weighted by atomic mass is 10.1. The molecule has 1 amide bonds. The second-order valence-electron chi connectivity index (χ2n) is 5.00. The van der Waals surface area contributed by atoms with E-state index >= 15 is 0 Å². The lowest BCUT2D eigenvalue weighted by Gasteiger charge is -2.21. The van der Waals surface area contributed by atoms with E-state index in [1.54, 1.807) is 6.07 Å². The number of ether oxygens (including phenoxy) is 1. The molecule has 112 valence electrons. The second-order valence-corrected chi connectivity index (χ2v) is 7.04. The second kappa shape index (κ2) is 5.61. The Morgan fingerprint density at radius 1 is 1.48 bits per heavy atom. The number of anilines is 1. The Hall–Kier alpha value is -1.67. The number of thiophene rings is 1. The minimum atomic E-state index is -0.670. The summed E-state index contributed by atoms with van der Waals surface area (Å²) in [6.45, 7) is 0.652. The summed E-state index contributed by atoms with van der Waals surface area (Å²) in [4.78, 5) is 31.4. The number of nitrogens with zero attached hydrogens (tertiary/aromatic N) is 2. The van der Waals surface area contributed by atoms with E-state index in [4.69, 9.17) is 4.74 Å². The number of hydrogen-bond donors (Lipinski definition) is 1. The molecule has 2 aromatic rings. The summed E-state index contributed by atoms with van der Waals surface area (Å²) in [5, 5.41) is 3.61. The molecule has 8 heteroatoms. The van der Waals surface area contributed by atoms with Crippen LogP contribution in [0.15, 0.2) is 6.07 Å². The molecule has 0 aromatic carbocycles. The SMILES string of the molecule is CN(C)c1nc2sc(C(=O)OC3CCCNC3=O)cc2s1. The number of carbonyl (C=O) groups is 2. The predicted octanol–water partition coefficient (Wildman–Crippen LogP) is 1.86. The van der Waals surface area contributed by atoms with E-state index in [1.807, 2.05) is 19.0 Å². The lowest BCUT2D eigenvalue weighted by Crippen LogP contribution is -2.42. The van der Waals surface area contributed by atoms with E-state index in [9.17, 15) is 9.59 Å². The molecule has 0 radical (unpaired) electrons. The van der Waals surface area contributed by atoms with Gasteiger partial charge in [0.05, 0.1) is 4.70 Å². The third-order valence-electron chi connectivity index (χ3n) is 3.15. The highest BCUT2D eigenvalue weighted by molar-refractivity contribution is 7.29. The molecule has 0 saturated carbocycles. The number of rotatable bonds is 3. The Bertz CT molecular complexity index is 660. The van der Waals surface area contributed by atoms with E-state index in [-0.39, 0.29) is 5.91 Å². The van der Waals surface area contributed by atoms with E-state index in [2.05, 4.69) is 10.3 Å². The minimum Gasteiger partial charge on any atom is -0.448 e. The third-order valence-corrected chi connectivity index (χ3v) is 5.45. The van der Waals surface area contributed by atoms with Gasteiger partial charge in [0.15, 0.2) is 11.2 Å². The van der Waals surface area contributed by atoms with Crippen molar-refractivity contribution < 1.29 is 14.3 Å². The van der Waals surface area contributed by atoms with Crippen LogP contribution in [-0.2, 0) is 9.53 Å². The van der Waals surface area contributed by atoms with Gasteiger partial charge in [-0.25, -0.2) is 9.78 Å². The van der Waals surface area contributed by atoms with Crippen molar-refractivity contribution in [2.45, 2.75) is 18.9 Å². The van der Waals surface area contributed by atoms with Crippen molar-refractivity contribution in [2.75, 3.05) is 25.5 Å². The Morgan fingerprint density at radius 2 is 2.29 bits per heavy atom. The molecule has 0 aliphatic carbocycles. The Kier molecular flexibility index (Phi) is 3.81. The van der Waals surface area contributed by atoms with Crippen molar-refractivity contribution in [3.8, 4) is 0 Å². The number of carbonyl (C=O) groups excluding carboxylic acids is 2. The van der Waals surface area contributed by atoms with Gasteiger partial charge in [0, 0.05) is 20.6 Å². The molecule has 6 nitrogen and oxygen atoms in total. The third kappa shape index (κ3) is 2.86. The molecule has 1 atom stereocenters. The Labute approximate surface area is 129 Å². The summed E-state index contributed by atoms with van der Waals surface area (Å²) in [7, 11) is 3.86. The molecule has 0 bridgehead atoms. The number of esters is 1. The van der Waals surface area contributed by atoms with Gasteiger partial charge in [-0.15, -0.1) is 11.3 Å². The predicted molar refractivity (Wildman–Crippen MR) is 83.3 cm³/mol. The fourth-order valence-corrected chi connectivity index (χ4v) is 4.08. The first-order chi connectivity index (χ1) is 10.0. The van der Waals surface area contributed by atoms with E-state index in [1.165, 1.54) is 22.7 Å². The van der Waals surface area contributed by atoms with E-state index in [0.29, 0.717) is 17.8 Å². The molecule has 1 aliphatic heterocycles. The topological polar surface area (TPSA) is 71.5 Å². The van der Waals surface area contributed by atoms with Crippen molar-refractivity contribution in [3.05, 3.63) is 10.9 Å². The summed E-state index contributed by atoms with van der Waals surface area (Å²) in [6, 6.07) is 1.79. The first kappa shape index (κ1) is 14.3. The number of aromatic nitrogens is 1. The monoisotopic (exact) mass is 325 g/mol. The molecule has 3 heterocycles. The van der Waals surface area contributed by atoms with Gasteiger partial charge in [-0.2, -0.15) is 0 Å². The van der Waals surface area contributed by atoms with Crippen LogP contribution in [0.4, 0.5) is 5.13 Å². The first-order valence-corrected chi connectivity index (χ1v) is 8.24. The molecule has 1 unspecified atom stereocenters. The average Bonchev–Trinajstić information content (AvgIpc) is 2.99. The van der Waals surface area contributed by atoms with Gasteiger partial charge < -0.3 is 15.0 Å². The van der Waals surface area contributed by atoms with Crippen LogP contribution in [0.1, 0.15) is 22.5 Å². The summed E-state index contributed by atoms with van der Waals surface area (Å²) < 4.78 is 6.25. The van der Waals surface area contributed by atoms with Crippen molar-refractivity contribution in [2.24, 2.45) is 0 Å². The minimum absolute atomic E-state index is 0.207. The zero-order valence-corrected chi connectivity index (χ0v) is 13.3. The van der Waals surface area contributed by atoms with E-state index < -0.39 is 12.1 Å². The summed E-state index contributed by atoms with van der Waals surface area (Å²) in [6.07, 6.45) is 0.744. The number of fused-ring (bicyclic) bond motifs is 1. The van der Waals surface area contributed by atoms with Crippen LogP contribution in [0, 0.1) is 0 Å². The zero-order chi connectivity index (χ0) is 15.0. The van der Waals surface area contributed by atoms with Crippen LogP contribution in [0.3, 0.4) is 0 Å². The fourth-order valence-electron chi connectivity index (χ4n) is 2.06. The van der Waals surface area contributed by atoms with Gasteiger partial charge in [0.2, 0.25) is 0 Å². The fraction of sp³-hybridized carbons (Fsp3) is 0.462. The number of hydrogen-bond acceptors (Lipinski definition) is 7. The molecule has 1 saturated heterocycles. The van der Waals surface area contributed by atoms with Gasteiger partial charge in [-0.05, 0) is 18.9 Å². The largest absolute Gasteiger partial charge is 0.448 e. The number of thiazole rings is 1. The van der Waals surface area contributed by atoms with Crippen LogP contribution in [0.5, 0.6) is 0 Å². The van der Waals surface area contributed by atoms with Gasteiger partial charge in [0.1, 0.15) is 9.71 Å². The van der Waals surface area contributed by atoms with Gasteiger partial charge in [0.25, 0.3) is 5.91 Å². The zero-order valence-electron chi connectivity index (χ0n) is 11.7. The smallest absolute Gasteiger partial charge is 0.349 e. The van der Waals surface area contributed by atoms with Gasteiger partial charge in [-0.1, -0.05) is 11.3 Å². The van der Waals surface area contributed by atoms with Crippen LogP contribution in [0.25, 0.3) is 9.53 Å². The Balaban J connectivity index is 1.75. The average molecular weight is 325 g/mol. The molecule has 1 aliphatic rings. The van der Waals surface area contributed by atoms with Crippen molar-refractivity contribution in [1.82, 2.24) is 10.3 Å². The Morgan fingerprint density at radius 3 is 2.95 bits per heavy atom. The highest BCUT2D eigenvalue weighted by Crippen LogP contribution is 2.34. The number of amides is 1. The molecular weight excluding hydrogens is 310 g/mol. The highest BCUT2D eigenvalue weighted by Gasteiger charge is 2.27. The molecule has 1 fully saturated rings. The standard InChI is InChI=1S/C13H15N3O3S2/c1-16(2)13-15-11-8(21-13)6-9(20-11)12(18)19-7-4-3-5-14-10(7)17/h6-7H,3-5H2,1-2H3,(H,14,17). The lowest BCUT2D eigenvalue weighted by molar-refractivity contribution is -0.132. The summed E-state index contributed by atoms with van der Waals surface area (Å²) >= 11 is 2.83. The number of nitrogens with one attached hydrogen (secondary N) is 1. The van der Waals surface area contributed by atoms with Crippen molar-refractivity contribution in [1.29, 1.82) is 0 Å². The van der Waals surface area contributed by atoms with Crippen LogP contribution >= 0.6 is 22.7 Å². The molecule has 1 N–H and O–H groups in total.